The second kappa shape index (κ2) is 11.2. The third kappa shape index (κ3) is 5.75. The number of Topliss-reactive ketones (excluding diaryl/α,β-unsaturated/α-hetero) is 1. The van der Waals surface area contributed by atoms with Crippen molar-refractivity contribution in [3.8, 4) is 0 Å². The first-order chi connectivity index (χ1) is 16.3. The Bertz CT molecular complexity index is 1190. The van der Waals surface area contributed by atoms with Crippen LogP contribution in [0.2, 0.25) is 0 Å². The summed E-state index contributed by atoms with van der Waals surface area (Å²) in [6.07, 6.45) is 6.04. The van der Waals surface area contributed by atoms with Gasteiger partial charge in [0.25, 0.3) is 0 Å². The molecule has 1 saturated heterocycles. The predicted octanol–water partition coefficient (Wildman–Crippen LogP) is 3.75. The third-order valence-corrected chi connectivity index (χ3v) is 6.66. The van der Waals surface area contributed by atoms with Crippen molar-refractivity contribution in [1.29, 1.82) is 0 Å². The Morgan fingerprint density at radius 2 is 1.66 bits per heavy atom. The standard InChI is InChI=1S/C24H25FN2O.C2H2O4.H2O/c25-17-10-8-16(9-11-17)23(28)7-3-4-14-27-18-12-13-22(27)24-19-5-1-2-6-20(19)26-21(24)15-18;3-1(4)2(5)6;/h1-2,5-6,8-11,18,22,26H,3-4,7,12-15H2;(H,3,4)(H,5,6);1H2. The van der Waals surface area contributed by atoms with Crippen LogP contribution in [0.4, 0.5) is 4.39 Å². The largest absolute Gasteiger partial charge is 0.473 e. The quantitative estimate of drug-likeness (QED) is 0.276. The fourth-order valence-electron chi connectivity index (χ4n) is 5.16. The molecule has 2 bridgehead atoms. The van der Waals surface area contributed by atoms with Crippen molar-refractivity contribution in [3.63, 3.8) is 0 Å². The minimum absolute atomic E-state index is 0. The van der Waals surface area contributed by atoms with Gasteiger partial charge in [-0.25, -0.2) is 14.0 Å². The van der Waals surface area contributed by atoms with Crippen molar-refractivity contribution < 1.29 is 34.5 Å². The number of carbonyl (C=O) groups is 3. The van der Waals surface area contributed by atoms with Crippen LogP contribution < -0.4 is 0 Å². The lowest BCUT2D eigenvalue weighted by atomic mass is 9.96. The van der Waals surface area contributed by atoms with E-state index in [0.29, 0.717) is 24.1 Å². The highest BCUT2D eigenvalue weighted by Crippen LogP contribution is 2.46. The number of para-hydroxylation sites is 1. The van der Waals surface area contributed by atoms with Crippen molar-refractivity contribution in [2.45, 2.75) is 50.6 Å². The van der Waals surface area contributed by atoms with Crippen molar-refractivity contribution in [3.05, 3.63) is 71.2 Å². The summed E-state index contributed by atoms with van der Waals surface area (Å²) in [5.41, 5.74) is 4.80. The van der Waals surface area contributed by atoms with E-state index in [2.05, 4.69) is 34.1 Å². The Kier molecular flexibility index (Phi) is 8.37. The molecule has 9 heteroatoms. The number of halogens is 1. The van der Waals surface area contributed by atoms with Gasteiger partial charge in [0.15, 0.2) is 5.78 Å². The van der Waals surface area contributed by atoms with Gasteiger partial charge in [0.05, 0.1) is 0 Å². The highest BCUT2D eigenvalue weighted by Gasteiger charge is 2.41. The number of carboxylic acid groups (broad SMARTS) is 2. The number of ketones is 1. The first kappa shape index (κ1) is 26.1. The van der Waals surface area contributed by atoms with E-state index in [1.54, 1.807) is 12.1 Å². The smallest absolute Gasteiger partial charge is 0.414 e. The number of rotatable bonds is 6. The van der Waals surface area contributed by atoms with E-state index in [-0.39, 0.29) is 17.1 Å². The molecule has 2 aliphatic rings. The van der Waals surface area contributed by atoms with Gasteiger partial charge < -0.3 is 20.7 Å². The van der Waals surface area contributed by atoms with Crippen LogP contribution in [0, 0.1) is 5.82 Å². The van der Waals surface area contributed by atoms with Gasteiger partial charge in [-0.05, 0) is 68.1 Å². The van der Waals surface area contributed by atoms with E-state index in [0.717, 1.165) is 25.8 Å². The highest BCUT2D eigenvalue weighted by molar-refractivity contribution is 6.27. The monoisotopic (exact) mass is 484 g/mol. The Morgan fingerprint density at radius 3 is 2.34 bits per heavy atom. The van der Waals surface area contributed by atoms with Gasteiger partial charge in [-0.1, -0.05) is 18.2 Å². The molecule has 5 rings (SSSR count). The molecule has 3 aromatic rings. The average Bonchev–Trinajstić information content (AvgIpc) is 3.33. The number of nitrogens with zero attached hydrogens (tertiary/aromatic N) is 1. The SMILES string of the molecule is O.O=C(CCCCN1C2CCC1c1c([nH]c3ccccc13)C2)c1ccc(F)cc1.O=C(O)C(=O)O. The van der Waals surface area contributed by atoms with Crippen LogP contribution in [-0.4, -0.2) is 55.9 Å². The number of fused-ring (bicyclic) bond motifs is 6. The average molecular weight is 485 g/mol. The second-order valence-electron chi connectivity index (χ2n) is 8.75. The maximum absolute atomic E-state index is 13.0. The number of carbonyl (C=O) groups excluding carboxylic acids is 1. The number of aromatic nitrogens is 1. The van der Waals surface area contributed by atoms with Gasteiger partial charge in [-0.2, -0.15) is 0 Å². The van der Waals surface area contributed by atoms with Crippen LogP contribution in [0.5, 0.6) is 0 Å². The first-order valence-corrected chi connectivity index (χ1v) is 11.5. The Labute approximate surface area is 201 Å². The van der Waals surface area contributed by atoms with Crippen LogP contribution in [0.25, 0.3) is 10.9 Å². The van der Waals surface area contributed by atoms with Gasteiger partial charge in [0.1, 0.15) is 5.82 Å². The number of carboxylic acids is 2. The van der Waals surface area contributed by atoms with E-state index >= 15 is 0 Å². The Balaban J connectivity index is 0.000000439. The van der Waals surface area contributed by atoms with Crippen molar-refractivity contribution in [1.82, 2.24) is 9.88 Å². The fraction of sp³-hybridized carbons (Fsp3) is 0.346. The summed E-state index contributed by atoms with van der Waals surface area (Å²) in [5.74, 6) is -3.83. The van der Waals surface area contributed by atoms with Crippen LogP contribution in [0.15, 0.2) is 48.5 Å². The fourth-order valence-corrected chi connectivity index (χ4v) is 5.16. The number of aromatic amines is 1. The normalized spacial score (nSPS) is 18.2. The molecule has 8 nitrogen and oxygen atoms in total. The molecule has 0 radical (unpaired) electrons. The molecule has 3 heterocycles. The zero-order valence-electron chi connectivity index (χ0n) is 19.2. The van der Waals surface area contributed by atoms with Gasteiger partial charge in [0.2, 0.25) is 0 Å². The summed E-state index contributed by atoms with van der Waals surface area (Å²) < 4.78 is 13.0. The van der Waals surface area contributed by atoms with Crippen molar-refractivity contribution >= 4 is 28.6 Å². The van der Waals surface area contributed by atoms with E-state index in [1.807, 2.05) is 0 Å². The summed E-state index contributed by atoms with van der Waals surface area (Å²) in [6.45, 7) is 1.05. The lowest BCUT2D eigenvalue weighted by molar-refractivity contribution is -0.159. The summed E-state index contributed by atoms with van der Waals surface area (Å²) in [6, 6.07) is 15.7. The topological polar surface area (TPSA) is 142 Å². The molecule has 35 heavy (non-hydrogen) atoms. The molecule has 0 saturated carbocycles. The van der Waals surface area contributed by atoms with Crippen molar-refractivity contribution in [2.75, 3.05) is 6.54 Å². The van der Waals surface area contributed by atoms with Crippen LogP contribution >= 0.6 is 0 Å². The third-order valence-electron chi connectivity index (χ3n) is 6.66. The van der Waals surface area contributed by atoms with Gasteiger partial charge in [-0.3, -0.25) is 9.69 Å². The molecule has 2 aliphatic heterocycles. The summed E-state index contributed by atoms with van der Waals surface area (Å²) in [4.78, 5) is 36.8. The molecule has 186 valence electrons. The number of hydrogen-bond donors (Lipinski definition) is 3. The zero-order chi connectivity index (χ0) is 24.2. The first-order valence-electron chi connectivity index (χ1n) is 11.5. The molecule has 2 aromatic carbocycles. The lowest BCUT2D eigenvalue weighted by Gasteiger charge is -2.35. The number of nitrogens with one attached hydrogen (secondary N) is 1. The van der Waals surface area contributed by atoms with Gasteiger partial charge in [-0.15, -0.1) is 0 Å². The second-order valence-corrected chi connectivity index (χ2v) is 8.75. The minimum atomic E-state index is -1.82. The maximum atomic E-state index is 13.0. The number of benzene rings is 2. The molecule has 5 N–H and O–H groups in total. The summed E-state index contributed by atoms with van der Waals surface area (Å²) in [7, 11) is 0. The molecule has 0 amide bonds. The molecule has 1 fully saturated rings. The Hall–Kier alpha value is -3.56. The predicted molar refractivity (Wildman–Crippen MR) is 128 cm³/mol. The molecular formula is C26H29FN2O6. The lowest BCUT2D eigenvalue weighted by Crippen LogP contribution is -2.37. The minimum Gasteiger partial charge on any atom is -0.473 e. The number of unbranched alkanes of at least 4 members (excludes halogenated alkanes) is 1. The molecular weight excluding hydrogens is 455 g/mol. The number of aliphatic carboxylic acids is 2. The molecule has 1 aromatic heterocycles. The van der Waals surface area contributed by atoms with Crippen molar-refractivity contribution in [2.24, 2.45) is 0 Å². The Morgan fingerprint density at radius 1 is 0.971 bits per heavy atom. The zero-order valence-corrected chi connectivity index (χ0v) is 19.2. The van der Waals surface area contributed by atoms with Gasteiger partial charge >= 0.3 is 11.9 Å². The number of hydrogen-bond acceptors (Lipinski definition) is 4. The molecule has 0 spiro atoms. The van der Waals surface area contributed by atoms with Crippen LogP contribution in [-0.2, 0) is 16.0 Å². The van der Waals surface area contributed by atoms with E-state index in [9.17, 15) is 9.18 Å². The molecule has 2 unspecified atom stereocenters. The van der Waals surface area contributed by atoms with Gasteiger partial charge in [0, 0.05) is 47.1 Å². The van der Waals surface area contributed by atoms with E-state index in [1.165, 1.54) is 47.1 Å². The van der Waals surface area contributed by atoms with E-state index < -0.39 is 11.9 Å². The van der Waals surface area contributed by atoms with Crippen LogP contribution in [0.1, 0.15) is 59.8 Å². The van der Waals surface area contributed by atoms with Crippen LogP contribution in [0.3, 0.4) is 0 Å². The maximum Gasteiger partial charge on any atom is 0.414 e. The molecule has 2 atom stereocenters. The molecule has 0 aliphatic carbocycles. The summed E-state index contributed by atoms with van der Waals surface area (Å²) >= 11 is 0. The number of H-pyrrole nitrogens is 1. The summed E-state index contributed by atoms with van der Waals surface area (Å²) in [5, 5.41) is 16.2. The van der Waals surface area contributed by atoms with E-state index in [4.69, 9.17) is 19.8 Å². The highest BCUT2D eigenvalue weighted by atomic mass is 19.1.